The van der Waals surface area contributed by atoms with Crippen molar-refractivity contribution in [3.63, 3.8) is 0 Å². The molecular weight excluding hydrogens is 445 g/mol. The number of H-pyrrole nitrogens is 1. The van der Waals surface area contributed by atoms with Crippen LogP contribution in [0.1, 0.15) is 11.1 Å². The van der Waals surface area contributed by atoms with Gasteiger partial charge in [-0.15, -0.1) is 0 Å². The van der Waals surface area contributed by atoms with Crippen LogP contribution in [-0.2, 0) is 20.4 Å². The number of aromatic amines is 1. The number of rotatable bonds is 8. The Balaban J connectivity index is 1.47. The van der Waals surface area contributed by atoms with E-state index in [1.54, 1.807) is 6.07 Å². The Morgan fingerprint density at radius 2 is 2.03 bits per heavy atom. The molecule has 0 radical (unpaired) electrons. The minimum Gasteiger partial charge on any atom is -0.462 e. The summed E-state index contributed by atoms with van der Waals surface area (Å²) in [5, 5.41) is 23.6. The number of nitrogens with one attached hydrogen (secondary N) is 2. The fourth-order valence-electron chi connectivity index (χ4n) is 3.24. The number of aromatic nitrogens is 4. The molecule has 4 rings (SSSR count). The number of aliphatic hydroxyl groups is 2. The first-order valence-corrected chi connectivity index (χ1v) is 11.1. The van der Waals surface area contributed by atoms with Gasteiger partial charge in [-0.05, 0) is 18.6 Å². The minimum atomic E-state index is -4.76. The molecule has 0 bridgehead atoms. The van der Waals surface area contributed by atoms with Crippen LogP contribution in [0.2, 0.25) is 0 Å². The normalized spacial score (nSPS) is 23.5. The molecule has 1 saturated heterocycles. The molecule has 0 aliphatic carbocycles. The zero-order valence-electron chi connectivity index (χ0n) is 16.8. The molecule has 172 valence electrons. The second-order valence-corrected chi connectivity index (χ2v) is 8.46. The van der Waals surface area contributed by atoms with E-state index in [0.29, 0.717) is 34.8 Å². The van der Waals surface area contributed by atoms with E-state index in [1.807, 2.05) is 19.1 Å². The van der Waals surface area contributed by atoms with E-state index >= 15 is 0 Å². The second kappa shape index (κ2) is 9.08. The average molecular weight is 467 g/mol. The maximum Gasteiger partial charge on any atom is 0.469 e. The highest BCUT2D eigenvalue weighted by molar-refractivity contribution is 7.46. The lowest BCUT2D eigenvalue weighted by molar-refractivity contribution is -0.116. The Hall–Kier alpha value is -2.64. The van der Waals surface area contributed by atoms with E-state index in [1.165, 1.54) is 12.7 Å². The standard InChI is InChI=1S/C18H22N5O8P/c1-9-2-3-10(5-19-16-13-17(21-7-20-13)23-8-22-16)11(4-9)30-18-15(25)14(24)12(31-18)6-29-32(26,27)28/h2-4,7-8,12,14-15,18,24-25H,5-6H2,1H3,(H2,26,27,28)(H2,19,20,21,22,23)/t12-,14-,15-,18?/m1/s1. The average Bonchev–Trinajstić information content (AvgIpc) is 3.32. The van der Waals surface area contributed by atoms with Crippen molar-refractivity contribution in [2.75, 3.05) is 11.9 Å². The van der Waals surface area contributed by atoms with Crippen LogP contribution in [0, 0.1) is 6.92 Å². The number of hydrogen-bond acceptors (Lipinski definition) is 10. The van der Waals surface area contributed by atoms with Crippen molar-refractivity contribution in [3.8, 4) is 5.75 Å². The van der Waals surface area contributed by atoms with E-state index in [0.717, 1.165) is 5.56 Å². The Bertz CT molecular complexity index is 1140. The summed E-state index contributed by atoms with van der Waals surface area (Å²) in [6.45, 7) is 1.55. The largest absolute Gasteiger partial charge is 0.469 e. The molecule has 0 saturated carbocycles. The molecule has 2 aromatic heterocycles. The molecule has 13 nitrogen and oxygen atoms in total. The van der Waals surface area contributed by atoms with Gasteiger partial charge in [-0.3, -0.25) is 4.52 Å². The van der Waals surface area contributed by atoms with Crippen molar-refractivity contribution < 1.29 is 38.6 Å². The Morgan fingerprint density at radius 3 is 2.81 bits per heavy atom. The number of nitrogens with zero attached hydrogens (tertiary/aromatic N) is 3. The highest BCUT2D eigenvalue weighted by Gasteiger charge is 2.45. The number of phosphoric acid groups is 1. The molecule has 0 amide bonds. The number of fused-ring (bicyclic) bond motifs is 1. The molecule has 0 spiro atoms. The predicted octanol–water partition coefficient (Wildman–Crippen LogP) is 0.208. The van der Waals surface area contributed by atoms with E-state index < -0.39 is 39.0 Å². The van der Waals surface area contributed by atoms with Gasteiger partial charge in [-0.2, -0.15) is 0 Å². The van der Waals surface area contributed by atoms with Crippen molar-refractivity contribution in [1.82, 2.24) is 19.9 Å². The van der Waals surface area contributed by atoms with Gasteiger partial charge in [-0.1, -0.05) is 12.1 Å². The molecular formula is C18H22N5O8P. The number of aryl methyl sites for hydroxylation is 1. The SMILES string of the molecule is Cc1ccc(CNc2ncnc3nc[nH]c23)c(OC2O[C@H](COP(=O)(O)O)[C@@H](O)[C@H]2O)c1. The van der Waals surface area contributed by atoms with Gasteiger partial charge in [-0.25, -0.2) is 19.5 Å². The highest BCUT2D eigenvalue weighted by Crippen LogP contribution is 2.37. The van der Waals surface area contributed by atoms with Gasteiger partial charge in [0, 0.05) is 12.1 Å². The van der Waals surface area contributed by atoms with Crippen LogP contribution < -0.4 is 10.1 Å². The van der Waals surface area contributed by atoms with E-state index in [-0.39, 0.29) is 0 Å². The van der Waals surface area contributed by atoms with Crippen LogP contribution in [0.3, 0.4) is 0 Å². The molecule has 3 aromatic rings. The van der Waals surface area contributed by atoms with Crippen LogP contribution in [0.5, 0.6) is 5.75 Å². The molecule has 3 heterocycles. The number of aliphatic hydroxyl groups excluding tert-OH is 2. The summed E-state index contributed by atoms with van der Waals surface area (Å²) in [5.41, 5.74) is 2.76. The summed E-state index contributed by atoms with van der Waals surface area (Å²) in [7, 11) is -4.76. The van der Waals surface area contributed by atoms with Crippen LogP contribution in [0.4, 0.5) is 5.82 Å². The van der Waals surface area contributed by atoms with Crippen LogP contribution in [0.15, 0.2) is 30.9 Å². The quantitative estimate of drug-likeness (QED) is 0.247. The van der Waals surface area contributed by atoms with E-state index in [4.69, 9.17) is 19.3 Å². The summed E-state index contributed by atoms with van der Waals surface area (Å²) < 4.78 is 26.5. The van der Waals surface area contributed by atoms with Gasteiger partial charge < -0.3 is 39.8 Å². The fourth-order valence-corrected chi connectivity index (χ4v) is 3.58. The molecule has 1 aliphatic heterocycles. The number of anilines is 1. The summed E-state index contributed by atoms with van der Waals surface area (Å²) in [6, 6.07) is 5.45. The van der Waals surface area contributed by atoms with Gasteiger partial charge >= 0.3 is 7.82 Å². The maximum absolute atomic E-state index is 10.9. The number of benzene rings is 1. The zero-order chi connectivity index (χ0) is 22.9. The van der Waals surface area contributed by atoms with Crippen LogP contribution in [-0.4, -0.2) is 71.1 Å². The second-order valence-electron chi connectivity index (χ2n) is 7.22. The lowest BCUT2D eigenvalue weighted by atomic mass is 10.1. The Kier molecular flexibility index (Phi) is 6.40. The Labute approximate surface area is 181 Å². The summed E-state index contributed by atoms with van der Waals surface area (Å²) >= 11 is 0. The summed E-state index contributed by atoms with van der Waals surface area (Å²) in [6.07, 6.45) is -2.44. The van der Waals surface area contributed by atoms with Crippen molar-refractivity contribution in [2.45, 2.75) is 38.1 Å². The number of imidazole rings is 1. The van der Waals surface area contributed by atoms with Gasteiger partial charge in [0.25, 0.3) is 0 Å². The van der Waals surface area contributed by atoms with Crippen molar-refractivity contribution in [2.24, 2.45) is 0 Å². The fraction of sp³-hybridized carbons (Fsp3) is 0.389. The lowest BCUT2D eigenvalue weighted by Crippen LogP contribution is -2.36. The van der Waals surface area contributed by atoms with Gasteiger partial charge in [0.05, 0.1) is 12.9 Å². The van der Waals surface area contributed by atoms with Crippen molar-refractivity contribution in [1.29, 1.82) is 0 Å². The third-order valence-corrected chi connectivity index (χ3v) is 5.35. The van der Waals surface area contributed by atoms with Crippen LogP contribution >= 0.6 is 7.82 Å². The third kappa shape index (κ3) is 5.05. The Morgan fingerprint density at radius 1 is 1.22 bits per heavy atom. The molecule has 1 aliphatic rings. The predicted molar refractivity (Wildman–Crippen MR) is 109 cm³/mol. The molecule has 1 fully saturated rings. The first kappa shape index (κ1) is 22.6. The molecule has 6 N–H and O–H groups in total. The smallest absolute Gasteiger partial charge is 0.462 e. The first-order valence-electron chi connectivity index (χ1n) is 9.57. The van der Waals surface area contributed by atoms with E-state index in [9.17, 15) is 14.8 Å². The lowest BCUT2D eigenvalue weighted by Gasteiger charge is -2.20. The van der Waals surface area contributed by atoms with Gasteiger partial charge in [0.15, 0.2) is 11.5 Å². The van der Waals surface area contributed by atoms with Crippen molar-refractivity contribution in [3.05, 3.63) is 42.0 Å². The highest BCUT2D eigenvalue weighted by atomic mass is 31.2. The van der Waals surface area contributed by atoms with Gasteiger partial charge in [0.2, 0.25) is 6.29 Å². The molecule has 32 heavy (non-hydrogen) atoms. The monoisotopic (exact) mass is 467 g/mol. The topological polar surface area (TPSA) is 192 Å². The summed E-state index contributed by atoms with van der Waals surface area (Å²) in [4.78, 5) is 33.0. The molecule has 14 heteroatoms. The maximum atomic E-state index is 10.9. The van der Waals surface area contributed by atoms with E-state index in [2.05, 4.69) is 29.8 Å². The zero-order valence-corrected chi connectivity index (χ0v) is 17.7. The first-order chi connectivity index (χ1) is 15.2. The number of hydrogen-bond donors (Lipinski definition) is 6. The molecule has 4 atom stereocenters. The third-order valence-electron chi connectivity index (χ3n) is 4.86. The van der Waals surface area contributed by atoms with Crippen molar-refractivity contribution >= 4 is 24.8 Å². The summed E-state index contributed by atoms with van der Waals surface area (Å²) in [5.74, 6) is 0.932. The molecule has 1 aromatic carbocycles. The van der Waals surface area contributed by atoms with Crippen LogP contribution in [0.25, 0.3) is 11.2 Å². The van der Waals surface area contributed by atoms with Gasteiger partial charge in [0.1, 0.15) is 35.9 Å². The number of ether oxygens (including phenoxy) is 2. The molecule has 1 unspecified atom stereocenters. The minimum absolute atomic E-state index is 0.302. The number of phosphoric ester groups is 1.